The number of anilines is 1. The number of nitrogen functional groups attached to an aromatic ring is 1. The third-order valence-corrected chi connectivity index (χ3v) is 4.22. The van der Waals surface area contributed by atoms with Crippen molar-refractivity contribution in [2.24, 2.45) is 5.92 Å². The summed E-state index contributed by atoms with van der Waals surface area (Å²) in [7, 11) is 1.85. The quantitative estimate of drug-likeness (QED) is 0.932. The highest BCUT2D eigenvalue weighted by atomic mass is 16.2. The molecule has 4 heteroatoms. The molecule has 0 bridgehead atoms. The molecule has 1 aromatic heterocycles. The van der Waals surface area contributed by atoms with E-state index >= 15 is 0 Å². The molecule has 1 amide bonds. The minimum atomic E-state index is -0.0538. The topological polar surface area (TPSA) is 59.2 Å². The summed E-state index contributed by atoms with van der Waals surface area (Å²) in [6.07, 6.45) is 2.43. The molecule has 0 aliphatic heterocycles. The second kappa shape index (κ2) is 4.78. The Labute approximate surface area is 118 Å². The Morgan fingerprint density at radius 1 is 1.40 bits per heavy atom. The van der Waals surface area contributed by atoms with Gasteiger partial charge in [0.25, 0.3) is 5.91 Å². The average Bonchev–Trinajstić information content (AvgIpc) is 3.29. The molecule has 1 heterocycles. The van der Waals surface area contributed by atoms with E-state index in [1.54, 1.807) is 4.90 Å². The van der Waals surface area contributed by atoms with Crippen LogP contribution in [0.3, 0.4) is 0 Å². The molecule has 1 fully saturated rings. The SMILES string of the molecule is CC(C1CC1)N(C)C(=O)c1cc2ccccc2c(N)n1. The maximum Gasteiger partial charge on any atom is 0.272 e. The van der Waals surface area contributed by atoms with Crippen LogP contribution in [0.25, 0.3) is 10.8 Å². The van der Waals surface area contributed by atoms with E-state index in [0.29, 0.717) is 17.4 Å². The lowest BCUT2D eigenvalue weighted by Gasteiger charge is -2.24. The molecule has 104 valence electrons. The van der Waals surface area contributed by atoms with Crippen LogP contribution in [0.15, 0.2) is 30.3 Å². The number of benzene rings is 1. The Kier molecular flexibility index (Phi) is 3.08. The monoisotopic (exact) mass is 269 g/mol. The lowest BCUT2D eigenvalue weighted by molar-refractivity contribution is 0.0722. The number of rotatable bonds is 3. The van der Waals surface area contributed by atoms with Gasteiger partial charge in [-0.1, -0.05) is 24.3 Å². The van der Waals surface area contributed by atoms with E-state index in [1.807, 2.05) is 37.4 Å². The molecule has 1 atom stereocenters. The predicted molar refractivity (Wildman–Crippen MR) is 80.4 cm³/mol. The number of amides is 1. The Hall–Kier alpha value is -2.10. The maximum atomic E-state index is 12.5. The van der Waals surface area contributed by atoms with E-state index in [9.17, 15) is 4.79 Å². The lowest BCUT2D eigenvalue weighted by Crippen LogP contribution is -2.36. The first-order chi connectivity index (χ1) is 9.58. The van der Waals surface area contributed by atoms with E-state index in [2.05, 4.69) is 11.9 Å². The van der Waals surface area contributed by atoms with Crippen molar-refractivity contribution < 1.29 is 4.79 Å². The average molecular weight is 269 g/mol. The van der Waals surface area contributed by atoms with E-state index in [0.717, 1.165) is 10.8 Å². The van der Waals surface area contributed by atoms with Gasteiger partial charge in [0, 0.05) is 18.5 Å². The number of hydrogen-bond acceptors (Lipinski definition) is 3. The van der Waals surface area contributed by atoms with Crippen molar-refractivity contribution in [2.45, 2.75) is 25.8 Å². The minimum Gasteiger partial charge on any atom is -0.383 e. The zero-order valence-electron chi connectivity index (χ0n) is 11.8. The summed E-state index contributed by atoms with van der Waals surface area (Å²) in [6.45, 7) is 2.10. The van der Waals surface area contributed by atoms with Crippen LogP contribution in [-0.2, 0) is 0 Å². The van der Waals surface area contributed by atoms with Gasteiger partial charge in [0.05, 0.1) is 0 Å². The molecule has 1 saturated carbocycles. The van der Waals surface area contributed by atoms with Crippen molar-refractivity contribution >= 4 is 22.5 Å². The van der Waals surface area contributed by atoms with Gasteiger partial charge in [-0.25, -0.2) is 4.98 Å². The fraction of sp³-hybridized carbons (Fsp3) is 0.375. The Balaban J connectivity index is 1.94. The molecular weight excluding hydrogens is 250 g/mol. The van der Waals surface area contributed by atoms with Crippen molar-refractivity contribution in [3.05, 3.63) is 36.0 Å². The third kappa shape index (κ3) is 2.22. The molecule has 1 aromatic carbocycles. The first-order valence-corrected chi connectivity index (χ1v) is 7.00. The summed E-state index contributed by atoms with van der Waals surface area (Å²) in [5, 5.41) is 1.85. The molecule has 0 radical (unpaired) electrons. The fourth-order valence-corrected chi connectivity index (χ4v) is 2.60. The van der Waals surface area contributed by atoms with Crippen molar-refractivity contribution in [3.63, 3.8) is 0 Å². The number of carbonyl (C=O) groups excluding carboxylic acids is 1. The fourth-order valence-electron chi connectivity index (χ4n) is 2.60. The molecule has 0 saturated heterocycles. The summed E-state index contributed by atoms with van der Waals surface area (Å²) < 4.78 is 0. The number of pyridine rings is 1. The summed E-state index contributed by atoms with van der Waals surface area (Å²) in [6, 6.07) is 9.81. The van der Waals surface area contributed by atoms with Crippen LogP contribution in [0.5, 0.6) is 0 Å². The molecule has 2 N–H and O–H groups in total. The van der Waals surface area contributed by atoms with E-state index in [4.69, 9.17) is 5.73 Å². The molecule has 0 spiro atoms. The number of carbonyl (C=O) groups is 1. The Bertz CT molecular complexity index is 664. The number of hydrogen-bond donors (Lipinski definition) is 1. The van der Waals surface area contributed by atoms with Crippen molar-refractivity contribution in [3.8, 4) is 0 Å². The third-order valence-electron chi connectivity index (χ3n) is 4.22. The van der Waals surface area contributed by atoms with Crippen molar-refractivity contribution in [1.82, 2.24) is 9.88 Å². The van der Waals surface area contributed by atoms with Gasteiger partial charge >= 0.3 is 0 Å². The highest BCUT2D eigenvalue weighted by Gasteiger charge is 2.33. The summed E-state index contributed by atoms with van der Waals surface area (Å²) in [4.78, 5) is 18.6. The van der Waals surface area contributed by atoms with Gasteiger partial charge in [0.2, 0.25) is 0 Å². The standard InChI is InChI=1S/C16H19N3O/c1-10(11-7-8-11)19(2)16(20)14-9-12-5-3-4-6-13(12)15(17)18-14/h3-6,9-11H,7-8H2,1-2H3,(H2,17,18). The Morgan fingerprint density at radius 3 is 2.80 bits per heavy atom. The van der Waals surface area contributed by atoms with E-state index in [-0.39, 0.29) is 11.9 Å². The lowest BCUT2D eigenvalue weighted by atomic mass is 10.1. The van der Waals surface area contributed by atoms with E-state index < -0.39 is 0 Å². The molecular formula is C16H19N3O. The number of fused-ring (bicyclic) bond motifs is 1. The molecule has 4 nitrogen and oxygen atoms in total. The van der Waals surface area contributed by atoms with Crippen LogP contribution >= 0.6 is 0 Å². The van der Waals surface area contributed by atoms with Gasteiger partial charge in [0.15, 0.2) is 0 Å². The molecule has 1 aliphatic rings. The van der Waals surface area contributed by atoms with Crippen LogP contribution in [0.4, 0.5) is 5.82 Å². The minimum absolute atomic E-state index is 0.0538. The number of nitrogens with zero attached hydrogens (tertiary/aromatic N) is 2. The van der Waals surface area contributed by atoms with Crippen molar-refractivity contribution in [1.29, 1.82) is 0 Å². The number of aromatic nitrogens is 1. The summed E-state index contributed by atoms with van der Waals surface area (Å²) >= 11 is 0. The van der Waals surface area contributed by atoms with Gasteiger partial charge in [0.1, 0.15) is 11.5 Å². The normalized spacial score (nSPS) is 16.1. The van der Waals surface area contributed by atoms with Gasteiger partial charge < -0.3 is 10.6 Å². The van der Waals surface area contributed by atoms with Crippen LogP contribution < -0.4 is 5.73 Å². The highest BCUT2D eigenvalue weighted by molar-refractivity contribution is 5.99. The van der Waals surface area contributed by atoms with Crippen LogP contribution in [0.2, 0.25) is 0 Å². The maximum absolute atomic E-state index is 12.5. The van der Waals surface area contributed by atoms with E-state index in [1.165, 1.54) is 12.8 Å². The summed E-state index contributed by atoms with van der Waals surface area (Å²) in [5.41, 5.74) is 6.39. The molecule has 20 heavy (non-hydrogen) atoms. The smallest absolute Gasteiger partial charge is 0.272 e. The van der Waals surface area contributed by atoms with Gasteiger partial charge in [-0.15, -0.1) is 0 Å². The summed E-state index contributed by atoms with van der Waals surface area (Å²) in [5.74, 6) is 1.00. The van der Waals surface area contributed by atoms with Crippen LogP contribution in [0.1, 0.15) is 30.3 Å². The zero-order valence-corrected chi connectivity index (χ0v) is 11.8. The zero-order chi connectivity index (χ0) is 14.3. The predicted octanol–water partition coefficient (Wildman–Crippen LogP) is 2.69. The van der Waals surface area contributed by atoms with Gasteiger partial charge in [-0.05, 0) is 37.1 Å². The Morgan fingerprint density at radius 2 is 2.10 bits per heavy atom. The first kappa shape index (κ1) is 12.9. The van der Waals surface area contributed by atoms with Gasteiger partial charge in [-0.2, -0.15) is 0 Å². The number of nitrogens with two attached hydrogens (primary N) is 1. The van der Waals surface area contributed by atoms with Gasteiger partial charge in [-0.3, -0.25) is 4.79 Å². The second-order valence-electron chi connectivity index (χ2n) is 5.61. The second-order valence-corrected chi connectivity index (χ2v) is 5.61. The van der Waals surface area contributed by atoms with Crippen molar-refractivity contribution in [2.75, 3.05) is 12.8 Å². The molecule has 1 unspecified atom stereocenters. The highest BCUT2D eigenvalue weighted by Crippen LogP contribution is 2.35. The molecule has 3 rings (SSSR count). The molecule has 1 aliphatic carbocycles. The largest absolute Gasteiger partial charge is 0.383 e. The first-order valence-electron chi connectivity index (χ1n) is 7.00. The van der Waals surface area contributed by atoms with Crippen LogP contribution in [0, 0.1) is 5.92 Å². The van der Waals surface area contributed by atoms with Crippen LogP contribution in [-0.4, -0.2) is 28.9 Å². The molecule has 2 aromatic rings.